The number of thiocarbonyl (C=S) groups is 1. The van der Waals surface area contributed by atoms with Gasteiger partial charge in [0.15, 0.2) is 10.8 Å². The molecule has 0 bridgehead atoms. The average Bonchev–Trinajstić information content (AvgIpc) is 2.83. The van der Waals surface area contributed by atoms with Gasteiger partial charge < -0.3 is 10.2 Å². The summed E-state index contributed by atoms with van der Waals surface area (Å²) in [7, 11) is -2.22. The molecule has 140 valence electrons. The molecule has 2 aromatic carbocycles. The smallest absolute Gasteiger partial charge is 0.279 e. The Kier molecular flexibility index (Phi) is 4.91. The van der Waals surface area contributed by atoms with Crippen LogP contribution < -0.4 is 20.8 Å². The molecule has 0 spiro atoms. The van der Waals surface area contributed by atoms with E-state index < -0.39 is 21.7 Å². The van der Waals surface area contributed by atoms with E-state index in [1.807, 2.05) is 0 Å². The molecule has 0 saturated carbocycles. The molecular formula is C16H14FN5O3S2. The third-order valence-corrected chi connectivity index (χ3v) is 4.91. The second-order valence-electron chi connectivity index (χ2n) is 5.62. The number of fused-ring (bicyclic) bond motifs is 1. The fourth-order valence-corrected chi connectivity index (χ4v) is 3.15. The molecule has 0 radical (unpaired) electrons. The number of sulfonamides is 1. The molecule has 0 fully saturated rings. The lowest BCUT2D eigenvalue weighted by molar-refractivity contribution is -0.111. The Hall–Kier alpha value is -2.89. The van der Waals surface area contributed by atoms with E-state index >= 15 is 0 Å². The number of primary sulfonamides is 1. The SMILES string of the molecule is CN1C(=O)C(=NNC(=S)Nc2ccc(S(N)(=O)=O)cc2)c2cc(F)ccc21. The quantitative estimate of drug-likeness (QED) is 0.519. The first-order chi connectivity index (χ1) is 12.7. The fourth-order valence-electron chi connectivity index (χ4n) is 2.48. The highest BCUT2D eigenvalue weighted by Crippen LogP contribution is 2.28. The molecule has 0 aromatic heterocycles. The van der Waals surface area contributed by atoms with Crippen molar-refractivity contribution in [2.45, 2.75) is 4.90 Å². The number of halogens is 1. The van der Waals surface area contributed by atoms with Gasteiger partial charge in [0.1, 0.15) is 5.82 Å². The maximum atomic E-state index is 13.5. The van der Waals surface area contributed by atoms with Crippen LogP contribution in [0.1, 0.15) is 5.56 Å². The van der Waals surface area contributed by atoms with Crippen LogP contribution in [0.2, 0.25) is 0 Å². The number of nitrogens with two attached hydrogens (primary N) is 1. The monoisotopic (exact) mass is 407 g/mol. The number of hydrazone groups is 1. The van der Waals surface area contributed by atoms with Crippen molar-refractivity contribution < 1.29 is 17.6 Å². The van der Waals surface area contributed by atoms with E-state index in [0.29, 0.717) is 16.9 Å². The Bertz CT molecular complexity index is 1070. The van der Waals surface area contributed by atoms with Gasteiger partial charge in [-0.2, -0.15) is 5.10 Å². The molecule has 11 heteroatoms. The van der Waals surface area contributed by atoms with Gasteiger partial charge in [-0.05, 0) is 54.7 Å². The summed E-state index contributed by atoms with van der Waals surface area (Å²) < 4.78 is 36.0. The minimum atomic E-state index is -3.78. The van der Waals surface area contributed by atoms with Crippen LogP contribution in [0.15, 0.2) is 52.5 Å². The highest BCUT2D eigenvalue weighted by Gasteiger charge is 2.32. The zero-order valence-corrected chi connectivity index (χ0v) is 15.6. The van der Waals surface area contributed by atoms with Crippen molar-refractivity contribution in [3.05, 3.63) is 53.8 Å². The van der Waals surface area contributed by atoms with Crippen LogP contribution in [0.3, 0.4) is 0 Å². The largest absolute Gasteiger partial charge is 0.331 e. The van der Waals surface area contributed by atoms with Gasteiger partial charge in [-0.3, -0.25) is 10.2 Å². The highest BCUT2D eigenvalue weighted by molar-refractivity contribution is 7.89. The molecule has 3 rings (SSSR count). The van der Waals surface area contributed by atoms with Gasteiger partial charge in [-0.15, -0.1) is 0 Å². The highest BCUT2D eigenvalue weighted by atomic mass is 32.2. The molecule has 1 aliphatic rings. The predicted molar refractivity (Wildman–Crippen MR) is 104 cm³/mol. The van der Waals surface area contributed by atoms with Crippen LogP contribution in [0.5, 0.6) is 0 Å². The summed E-state index contributed by atoms with van der Waals surface area (Å²) in [4.78, 5) is 13.6. The zero-order valence-electron chi connectivity index (χ0n) is 13.9. The number of anilines is 2. The van der Waals surface area contributed by atoms with Crippen molar-refractivity contribution in [3.8, 4) is 0 Å². The summed E-state index contributed by atoms with van der Waals surface area (Å²) >= 11 is 5.10. The predicted octanol–water partition coefficient (Wildman–Crippen LogP) is 1.14. The summed E-state index contributed by atoms with van der Waals surface area (Å²) in [5.74, 6) is -0.886. The molecule has 0 saturated heterocycles. The van der Waals surface area contributed by atoms with E-state index in [1.165, 1.54) is 47.4 Å². The third kappa shape index (κ3) is 3.94. The van der Waals surface area contributed by atoms with Gasteiger partial charge in [0.2, 0.25) is 10.0 Å². The average molecular weight is 407 g/mol. The number of likely N-dealkylation sites (N-methyl/N-ethyl adjacent to an activating group) is 1. The minimum absolute atomic E-state index is 0.0284. The Balaban J connectivity index is 1.74. The molecule has 1 aliphatic heterocycles. The summed E-state index contributed by atoms with van der Waals surface area (Å²) in [5, 5.41) is 11.9. The van der Waals surface area contributed by atoms with Crippen molar-refractivity contribution in [1.29, 1.82) is 0 Å². The topological polar surface area (TPSA) is 117 Å². The Morgan fingerprint density at radius 3 is 2.52 bits per heavy atom. The molecule has 1 amide bonds. The van der Waals surface area contributed by atoms with Crippen molar-refractivity contribution in [3.63, 3.8) is 0 Å². The Labute approximate surface area is 159 Å². The minimum Gasteiger partial charge on any atom is -0.331 e. The molecule has 0 unspecified atom stereocenters. The van der Waals surface area contributed by atoms with Crippen molar-refractivity contribution in [1.82, 2.24) is 5.43 Å². The van der Waals surface area contributed by atoms with Crippen LogP contribution in [-0.4, -0.2) is 32.2 Å². The summed E-state index contributed by atoms with van der Waals surface area (Å²) in [6.45, 7) is 0. The van der Waals surface area contributed by atoms with Gasteiger partial charge in [0.05, 0.1) is 10.6 Å². The van der Waals surface area contributed by atoms with E-state index in [0.717, 1.165) is 0 Å². The van der Waals surface area contributed by atoms with E-state index in [9.17, 15) is 17.6 Å². The number of hydrogen-bond acceptors (Lipinski definition) is 5. The first-order valence-corrected chi connectivity index (χ1v) is 9.48. The standard InChI is InChI=1S/C16H14FN5O3S2/c1-22-13-7-2-9(17)8-12(13)14(15(22)23)20-21-16(26)19-10-3-5-11(6-4-10)27(18,24)25/h2-8H,1H3,(H2,18,24,25)(H2,19,21,26). The second kappa shape index (κ2) is 7.02. The third-order valence-electron chi connectivity index (χ3n) is 3.79. The lowest BCUT2D eigenvalue weighted by atomic mass is 10.1. The number of nitrogens with zero attached hydrogens (tertiary/aromatic N) is 2. The first kappa shape index (κ1) is 18.9. The Morgan fingerprint density at radius 1 is 1.22 bits per heavy atom. The van der Waals surface area contributed by atoms with E-state index in [1.54, 1.807) is 7.05 Å². The summed E-state index contributed by atoms with van der Waals surface area (Å²) in [5.41, 5.74) is 3.94. The first-order valence-electron chi connectivity index (χ1n) is 7.52. The van der Waals surface area contributed by atoms with Crippen LogP contribution >= 0.6 is 12.2 Å². The van der Waals surface area contributed by atoms with Gasteiger partial charge in [0, 0.05) is 18.3 Å². The maximum absolute atomic E-state index is 13.5. The van der Waals surface area contributed by atoms with Crippen LogP contribution in [0, 0.1) is 5.82 Å². The normalized spacial score (nSPS) is 15.0. The van der Waals surface area contributed by atoms with Gasteiger partial charge in [0.25, 0.3) is 5.91 Å². The number of amides is 1. The second-order valence-corrected chi connectivity index (χ2v) is 7.59. The van der Waals surface area contributed by atoms with Crippen molar-refractivity contribution >= 4 is 50.3 Å². The lowest BCUT2D eigenvalue weighted by Crippen LogP contribution is -2.30. The Morgan fingerprint density at radius 2 is 1.89 bits per heavy atom. The van der Waals surface area contributed by atoms with E-state index in [2.05, 4.69) is 15.8 Å². The molecular weight excluding hydrogens is 393 g/mol. The summed E-state index contributed by atoms with van der Waals surface area (Å²) in [6, 6.07) is 9.56. The zero-order chi connectivity index (χ0) is 19.8. The van der Waals surface area contributed by atoms with Gasteiger partial charge in [-0.25, -0.2) is 17.9 Å². The number of nitrogens with one attached hydrogen (secondary N) is 2. The van der Waals surface area contributed by atoms with Crippen LogP contribution in [0.25, 0.3) is 0 Å². The van der Waals surface area contributed by atoms with Gasteiger partial charge >= 0.3 is 0 Å². The van der Waals surface area contributed by atoms with Crippen molar-refractivity contribution in [2.75, 3.05) is 17.3 Å². The number of hydrogen-bond donors (Lipinski definition) is 3. The number of carbonyl (C=O) groups excluding carboxylic acids is 1. The van der Waals surface area contributed by atoms with Gasteiger partial charge in [-0.1, -0.05) is 0 Å². The molecule has 8 nitrogen and oxygen atoms in total. The molecule has 27 heavy (non-hydrogen) atoms. The van der Waals surface area contributed by atoms with Crippen molar-refractivity contribution in [2.24, 2.45) is 10.2 Å². The number of carbonyl (C=O) groups is 1. The molecule has 0 atom stereocenters. The molecule has 1 heterocycles. The lowest BCUT2D eigenvalue weighted by Gasteiger charge is -2.08. The number of rotatable bonds is 3. The molecule has 0 aliphatic carbocycles. The van der Waals surface area contributed by atoms with E-state index in [-0.39, 0.29) is 15.7 Å². The molecule has 2 aromatic rings. The summed E-state index contributed by atoms with van der Waals surface area (Å²) in [6.07, 6.45) is 0. The maximum Gasteiger partial charge on any atom is 0.279 e. The van der Waals surface area contributed by atoms with E-state index in [4.69, 9.17) is 17.4 Å². The molecule has 4 N–H and O–H groups in total. The number of benzene rings is 2. The fraction of sp³-hybridized carbons (Fsp3) is 0.0625. The van der Waals surface area contributed by atoms with Crippen LogP contribution in [-0.2, 0) is 14.8 Å². The van der Waals surface area contributed by atoms with Crippen LogP contribution in [0.4, 0.5) is 15.8 Å².